The van der Waals surface area contributed by atoms with Crippen molar-refractivity contribution in [1.82, 2.24) is 9.78 Å². The van der Waals surface area contributed by atoms with Crippen molar-refractivity contribution >= 4 is 5.69 Å². The summed E-state index contributed by atoms with van der Waals surface area (Å²) in [7, 11) is 0. The molecular formula is C10H16N4O2. The van der Waals surface area contributed by atoms with Crippen LogP contribution in [0.5, 0.6) is 0 Å². The van der Waals surface area contributed by atoms with Gasteiger partial charge in [0.25, 0.3) is 5.56 Å². The molecule has 2 rings (SSSR count). The van der Waals surface area contributed by atoms with Crippen molar-refractivity contribution in [3.8, 4) is 0 Å². The molecule has 88 valence electrons. The molecule has 0 bridgehead atoms. The Balaban J connectivity index is 2.16. The van der Waals surface area contributed by atoms with Crippen molar-refractivity contribution in [2.24, 2.45) is 5.73 Å². The molecule has 0 saturated carbocycles. The summed E-state index contributed by atoms with van der Waals surface area (Å²) in [4.78, 5) is 13.8. The summed E-state index contributed by atoms with van der Waals surface area (Å²) in [5.74, 6) is 0. The van der Waals surface area contributed by atoms with Crippen LogP contribution in [0.1, 0.15) is 0 Å². The third-order valence-electron chi connectivity index (χ3n) is 2.57. The normalized spacial score (nSPS) is 16.4. The zero-order valence-electron chi connectivity index (χ0n) is 9.13. The van der Waals surface area contributed by atoms with Gasteiger partial charge in [0.15, 0.2) is 0 Å². The maximum atomic E-state index is 11.7. The van der Waals surface area contributed by atoms with Crippen molar-refractivity contribution in [2.45, 2.75) is 6.54 Å². The zero-order valence-corrected chi connectivity index (χ0v) is 9.13. The van der Waals surface area contributed by atoms with E-state index in [0.717, 1.165) is 18.8 Å². The maximum Gasteiger partial charge on any atom is 0.268 e. The largest absolute Gasteiger partial charge is 0.378 e. The highest BCUT2D eigenvalue weighted by atomic mass is 16.5. The van der Waals surface area contributed by atoms with Crippen LogP contribution in [0.25, 0.3) is 0 Å². The Bertz CT molecular complexity index is 398. The third-order valence-corrected chi connectivity index (χ3v) is 2.57. The highest BCUT2D eigenvalue weighted by Gasteiger charge is 2.12. The van der Waals surface area contributed by atoms with Gasteiger partial charge >= 0.3 is 0 Å². The van der Waals surface area contributed by atoms with E-state index in [1.807, 2.05) is 0 Å². The minimum absolute atomic E-state index is 0.102. The molecule has 2 heterocycles. The molecule has 1 saturated heterocycles. The third kappa shape index (κ3) is 2.40. The molecule has 1 aromatic rings. The second-order valence-corrected chi connectivity index (χ2v) is 3.66. The number of hydrogen-bond donors (Lipinski definition) is 1. The first-order chi connectivity index (χ1) is 7.81. The zero-order chi connectivity index (χ0) is 11.4. The fourth-order valence-electron chi connectivity index (χ4n) is 1.71. The quantitative estimate of drug-likeness (QED) is 0.715. The fourth-order valence-corrected chi connectivity index (χ4v) is 1.71. The van der Waals surface area contributed by atoms with Crippen LogP contribution >= 0.6 is 0 Å². The van der Waals surface area contributed by atoms with Crippen LogP contribution in [0.15, 0.2) is 17.1 Å². The minimum atomic E-state index is -0.102. The van der Waals surface area contributed by atoms with Crippen LogP contribution in [0.3, 0.4) is 0 Å². The van der Waals surface area contributed by atoms with Gasteiger partial charge in [0.2, 0.25) is 0 Å². The average Bonchev–Trinajstić information content (AvgIpc) is 2.33. The van der Waals surface area contributed by atoms with Crippen molar-refractivity contribution in [3.05, 3.63) is 22.6 Å². The van der Waals surface area contributed by atoms with Gasteiger partial charge in [-0.15, -0.1) is 0 Å². The summed E-state index contributed by atoms with van der Waals surface area (Å²) in [6, 6.07) is 1.61. The van der Waals surface area contributed by atoms with Crippen molar-refractivity contribution in [3.63, 3.8) is 0 Å². The second-order valence-electron chi connectivity index (χ2n) is 3.66. The van der Waals surface area contributed by atoms with Gasteiger partial charge in [0, 0.05) is 25.7 Å². The van der Waals surface area contributed by atoms with E-state index in [1.165, 1.54) is 4.68 Å². The molecule has 1 aliphatic rings. The van der Waals surface area contributed by atoms with Crippen LogP contribution in [0.2, 0.25) is 0 Å². The van der Waals surface area contributed by atoms with Crippen LogP contribution in [-0.2, 0) is 11.3 Å². The van der Waals surface area contributed by atoms with Crippen molar-refractivity contribution in [1.29, 1.82) is 0 Å². The maximum absolute atomic E-state index is 11.7. The SMILES string of the molecule is NCCn1ncc(N2CCOCC2)cc1=O. The van der Waals surface area contributed by atoms with Crippen molar-refractivity contribution in [2.75, 3.05) is 37.7 Å². The number of aromatic nitrogens is 2. The molecule has 6 heteroatoms. The van der Waals surface area contributed by atoms with E-state index in [1.54, 1.807) is 12.3 Å². The second kappa shape index (κ2) is 5.09. The molecule has 6 nitrogen and oxygen atoms in total. The molecule has 1 aliphatic heterocycles. The molecule has 0 atom stereocenters. The van der Waals surface area contributed by atoms with E-state index >= 15 is 0 Å². The number of rotatable bonds is 3. The van der Waals surface area contributed by atoms with Gasteiger partial charge < -0.3 is 15.4 Å². The Hall–Kier alpha value is -1.40. The Morgan fingerprint density at radius 3 is 2.81 bits per heavy atom. The van der Waals surface area contributed by atoms with E-state index in [9.17, 15) is 4.79 Å². The number of nitrogens with zero attached hydrogens (tertiary/aromatic N) is 3. The van der Waals surface area contributed by atoms with Crippen LogP contribution in [0.4, 0.5) is 5.69 Å². The van der Waals surface area contributed by atoms with E-state index in [0.29, 0.717) is 26.3 Å². The number of nitrogens with two attached hydrogens (primary N) is 1. The first-order valence-corrected chi connectivity index (χ1v) is 5.41. The number of ether oxygens (including phenoxy) is 1. The molecule has 16 heavy (non-hydrogen) atoms. The molecule has 1 aromatic heterocycles. The van der Waals surface area contributed by atoms with Crippen LogP contribution in [-0.4, -0.2) is 42.6 Å². The lowest BCUT2D eigenvalue weighted by Gasteiger charge is -2.28. The summed E-state index contributed by atoms with van der Waals surface area (Å²) in [5, 5.41) is 4.08. The summed E-state index contributed by atoms with van der Waals surface area (Å²) < 4.78 is 6.63. The highest BCUT2D eigenvalue weighted by Crippen LogP contribution is 2.10. The fraction of sp³-hybridized carbons (Fsp3) is 0.600. The number of morpholine rings is 1. The standard InChI is InChI=1S/C10H16N4O2/c11-1-2-14-10(15)7-9(8-12-14)13-3-5-16-6-4-13/h7-8H,1-6,11H2. The molecule has 0 aromatic carbocycles. The summed E-state index contributed by atoms with van der Waals surface area (Å²) in [6.07, 6.45) is 1.71. The number of hydrogen-bond acceptors (Lipinski definition) is 5. The molecule has 0 unspecified atom stereocenters. The summed E-state index contributed by atoms with van der Waals surface area (Å²) >= 11 is 0. The molecule has 0 spiro atoms. The minimum Gasteiger partial charge on any atom is -0.378 e. The van der Waals surface area contributed by atoms with Gasteiger partial charge in [-0.25, -0.2) is 4.68 Å². The Morgan fingerprint density at radius 2 is 2.19 bits per heavy atom. The number of anilines is 1. The lowest BCUT2D eigenvalue weighted by Crippen LogP contribution is -2.37. The van der Waals surface area contributed by atoms with E-state index in [4.69, 9.17) is 10.5 Å². The predicted molar refractivity (Wildman–Crippen MR) is 60.6 cm³/mol. The molecule has 0 radical (unpaired) electrons. The van der Waals surface area contributed by atoms with Crippen LogP contribution in [0, 0.1) is 0 Å². The monoisotopic (exact) mass is 224 g/mol. The molecule has 0 amide bonds. The van der Waals surface area contributed by atoms with Gasteiger partial charge in [0.1, 0.15) is 0 Å². The lowest BCUT2D eigenvalue weighted by atomic mass is 10.3. The molecular weight excluding hydrogens is 208 g/mol. The summed E-state index contributed by atoms with van der Waals surface area (Å²) in [6.45, 7) is 3.90. The van der Waals surface area contributed by atoms with E-state index in [-0.39, 0.29) is 5.56 Å². The lowest BCUT2D eigenvalue weighted by molar-refractivity contribution is 0.122. The van der Waals surface area contributed by atoms with Gasteiger partial charge in [-0.05, 0) is 0 Å². The Morgan fingerprint density at radius 1 is 1.44 bits per heavy atom. The first-order valence-electron chi connectivity index (χ1n) is 5.41. The van der Waals surface area contributed by atoms with Crippen LogP contribution < -0.4 is 16.2 Å². The van der Waals surface area contributed by atoms with Gasteiger partial charge in [-0.3, -0.25) is 4.79 Å². The van der Waals surface area contributed by atoms with Gasteiger partial charge in [0.05, 0.1) is 31.6 Å². The smallest absolute Gasteiger partial charge is 0.268 e. The van der Waals surface area contributed by atoms with E-state index in [2.05, 4.69) is 10.00 Å². The molecule has 0 aliphatic carbocycles. The predicted octanol–water partition coefficient (Wildman–Crippen LogP) is -0.961. The van der Waals surface area contributed by atoms with Crippen molar-refractivity contribution < 1.29 is 4.74 Å². The van der Waals surface area contributed by atoms with Gasteiger partial charge in [-0.2, -0.15) is 5.10 Å². The molecule has 2 N–H and O–H groups in total. The summed E-state index contributed by atoms with van der Waals surface area (Å²) in [5.41, 5.74) is 6.14. The Kier molecular flexibility index (Phi) is 3.53. The topological polar surface area (TPSA) is 73.4 Å². The average molecular weight is 224 g/mol. The first kappa shape index (κ1) is 11.1. The van der Waals surface area contributed by atoms with Gasteiger partial charge in [-0.1, -0.05) is 0 Å². The van der Waals surface area contributed by atoms with E-state index < -0.39 is 0 Å². The Labute approximate surface area is 93.6 Å². The highest BCUT2D eigenvalue weighted by molar-refractivity contribution is 5.43. The molecule has 1 fully saturated rings.